The van der Waals surface area contributed by atoms with Crippen LogP contribution in [0.25, 0.3) is 0 Å². The second-order valence-corrected chi connectivity index (χ2v) is 22.0. The Hall–Kier alpha value is -2.63. The third-order valence-corrected chi connectivity index (χ3v) is 14.6. The number of hydrogen-bond donors (Lipinski definition) is 0. The van der Waals surface area contributed by atoms with Gasteiger partial charge in [0.2, 0.25) is 0 Å². The van der Waals surface area contributed by atoms with E-state index in [2.05, 4.69) is 69.4 Å². The molecule has 0 radical (unpaired) electrons. The highest BCUT2D eigenvalue weighted by Crippen LogP contribution is 2.17. The van der Waals surface area contributed by atoms with E-state index < -0.39 is 6.10 Å². The molecule has 0 aliphatic heterocycles. The fourth-order valence-electron chi connectivity index (χ4n) is 9.61. The van der Waals surface area contributed by atoms with E-state index in [1.54, 1.807) is 0 Å². The maximum Gasteiger partial charge on any atom is 0.306 e. The monoisotopic (exact) mass is 1040 g/mol. The van der Waals surface area contributed by atoms with E-state index >= 15 is 0 Å². The zero-order valence-corrected chi connectivity index (χ0v) is 49.6. The average Bonchev–Trinajstić information content (AvgIpc) is 3.40. The summed E-state index contributed by atoms with van der Waals surface area (Å²) in [7, 11) is 0. The molecule has 0 amide bonds. The normalized spacial score (nSPS) is 12.3. The van der Waals surface area contributed by atoms with Crippen LogP contribution in [0.1, 0.15) is 348 Å². The Morgan fingerprint density at radius 3 is 0.784 bits per heavy atom. The Morgan fingerprint density at radius 1 is 0.270 bits per heavy atom. The maximum atomic E-state index is 12.9. The summed E-state index contributed by atoms with van der Waals surface area (Å²) >= 11 is 0. The van der Waals surface area contributed by atoms with E-state index in [-0.39, 0.29) is 31.1 Å². The molecule has 0 N–H and O–H groups in total. The predicted octanol–water partition coefficient (Wildman–Crippen LogP) is 22.2. The van der Waals surface area contributed by atoms with Gasteiger partial charge in [0.15, 0.2) is 6.10 Å². The Bertz CT molecular complexity index is 1280. The summed E-state index contributed by atoms with van der Waals surface area (Å²) in [6.07, 6.45) is 78.3. The number of esters is 3. The smallest absolute Gasteiger partial charge is 0.306 e. The van der Waals surface area contributed by atoms with E-state index in [0.717, 1.165) is 83.5 Å². The summed E-state index contributed by atoms with van der Waals surface area (Å²) < 4.78 is 16.9. The molecule has 0 aliphatic rings. The van der Waals surface area contributed by atoms with Gasteiger partial charge in [0, 0.05) is 19.3 Å². The standard InChI is InChI=1S/C68H124O6/c1-4-7-10-13-16-19-22-25-28-30-32-34-36-38-40-43-46-49-52-55-58-61-67(70)73-64-65(63-72-66(69)60-57-54-51-48-45-42-27-24-21-18-15-12-9-6-3)74-68(71)62-59-56-53-50-47-44-41-39-37-35-33-31-29-26-23-20-17-14-11-8-5-2/h15,18,22,24-25,27,30,32,65H,4-14,16-17,19-21,23,26,28-29,31,33-64H2,1-3H3/b18-15-,25-22-,27-24-,32-30-. The van der Waals surface area contributed by atoms with Crippen molar-refractivity contribution >= 4 is 17.9 Å². The first kappa shape index (κ1) is 71.4. The first-order valence-corrected chi connectivity index (χ1v) is 32.6. The molecule has 0 rings (SSSR count). The Morgan fingerprint density at radius 2 is 0.500 bits per heavy atom. The number of unbranched alkanes of at least 4 members (excludes halogenated alkanes) is 41. The number of carbonyl (C=O) groups is 3. The number of rotatable bonds is 60. The largest absolute Gasteiger partial charge is 0.462 e. The van der Waals surface area contributed by atoms with Crippen molar-refractivity contribution in [2.75, 3.05) is 13.2 Å². The molecule has 0 saturated heterocycles. The molecule has 0 fully saturated rings. The van der Waals surface area contributed by atoms with Crippen molar-refractivity contribution in [3.63, 3.8) is 0 Å². The molecule has 6 heteroatoms. The molecular weight excluding hydrogens is 913 g/mol. The van der Waals surface area contributed by atoms with Gasteiger partial charge in [0.25, 0.3) is 0 Å². The molecule has 0 bridgehead atoms. The minimum atomic E-state index is -0.780. The highest BCUT2D eigenvalue weighted by molar-refractivity contribution is 5.71. The Kier molecular flexibility index (Phi) is 60.7. The first-order chi connectivity index (χ1) is 36.5. The minimum Gasteiger partial charge on any atom is -0.462 e. The van der Waals surface area contributed by atoms with E-state index in [4.69, 9.17) is 14.2 Å². The first-order valence-electron chi connectivity index (χ1n) is 32.6. The molecule has 432 valence electrons. The predicted molar refractivity (Wildman–Crippen MR) is 321 cm³/mol. The van der Waals surface area contributed by atoms with E-state index in [1.807, 2.05) is 0 Å². The number of hydrogen-bond acceptors (Lipinski definition) is 6. The van der Waals surface area contributed by atoms with Crippen LogP contribution in [0.5, 0.6) is 0 Å². The van der Waals surface area contributed by atoms with Gasteiger partial charge < -0.3 is 14.2 Å². The lowest BCUT2D eigenvalue weighted by Gasteiger charge is -2.18. The van der Waals surface area contributed by atoms with Crippen molar-refractivity contribution in [3.8, 4) is 0 Å². The lowest BCUT2D eigenvalue weighted by atomic mass is 10.0. The van der Waals surface area contributed by atoms with Crippen molar-refractivity contribution in [1.29, 1.82) is 0 Å². The van der Waals surface area contributed by atoms with Gasteiger partial charge in [-0.3, -0.25) is 14.4 Å². The van der Waals surface area contributed by atoms with Gasteiger partial charge >= 0.3 is 17.9 Å². The number of allylic oxidation sites excluding steroid dienone is 8. The minimum absolute atomic E-state index is 0.0765. The Balaban J connectivity index is 4.32. The van der Waals surface area contributed by atoms with Crippen molar-refractivity contribution in [2.45, 2.75) is 354 Å². The second kappa shape index (κ2) is 62.9. The average molecular weight is 1040 g/mol. The summed E-state index contributed by atoms with van der Waals surface area (Å²) in [5.74, 6) is -0.873. The van der Waals surface area contributed by atoms with Crippen LogP contribution in [0.2, 0.25) is 0 Å². The van der Waals surface area contributed by atoms with Crippen LogP contribution in [-0.2, 0) is 28.6 Å². The van der Waals surface area contributed by atoms with Crippen LogP contribution >= 0.6 is 0 Å². The van der Waals surface area contributed by atoms with E-state index in [0.29, 0.717) is 19.3 Å². The summed E-state index contributed by atoms with van der Waals surface area (Å²) in [6.45, 7) is 6.63. The highest BCUT2D eigenvalue weighted by Gasteiger charge is 2.19. The zero-order chi connectivity index (χ0) is 53.6. The van der Waals surface area contributed by atoms with Gasteiger partial charge in [-0.15, -0.1) is 0 Å². The molecule has 0 aromatic rings. The molecule has 6 nitrogen and oxygen atoms in total. The topological polar surface area (TPSA) is 78.9 Å². The van der Waals surface area contributed by atoms with Gasteiger partial charge in [0.1, 0.15) is 13.2 Å². The quantitative estimate of drug-likeness (QED) is 0.0261. The molecule has 74 heavy (non-hydrogen) atoms. The van der Waals surface area contributed by atoms with E-state index in [9.17, 15) is 14.4 Å². The van der Waals surface area contributed by atoms with Gasteiger partial charge in [0.05, 0.1) is 0 Å². The summed E-state index contributed by atoms with van der Waals surface area (Å²) in [5, 5.41) is 0. The molecule has 0 saturated carbocycles. The van der Waals surface area contributed by atoms with Crippen molar-refractivity contribution in [1.82, 2.24) is 0 Å². The second-order valence-electron chi connectivity index (χ2n) is 22.0. The highest BCUT2D eigenvalue weighted by atomic mass is 16.6. The molecular formula is C68H124O6. The number of carbonyl (C=O) groups excluding carboxylic acids is 3. The van der Waals surface area contributed by atoms with Crippen LogP contribution in [0.4, 0.5) is 0 Å². The van der Waals surface area contributed by atoms with E-state index in [1.165, 1.54) is 225 Å². The zero-order valence-electron chi connectivity index (χ0n) is 49.6. The van der Waals surface area contributed by atoms with Gasteiger partial charge in [-0.1, -0.05) is 301 Å². The molecule has 1 atom stereocenters. The van der Waals surface area contributed by atoms with Crippen molar-refractivity contribution in [2.24, 2.45) is 0 Å². The van der Waals surface area contributed by atoms with Crippen LogP contribution in [0, 0.1) is 0 Å². The fraction of sp³-hybridized carbons (Fsp3) is 0.838. The third-order valence-electron chi connectivity index (χ3n) is 14.6. The van der Waals surface area contributed by atoms with Crippen LogP contribution in [0.15, 0.2) is 48.6 Å². The lowest BCUT2D eigenvalue weighted by Crippen LogP contribution is -2.30. The SMILES string of the molecule is CCCC/C=C\C/C=C\CCCCCCCC(=O)OCC(COC(=O)CCCCCCCCCCC/C=C\C/C=C\CCCCCCC)OC(=O)CCCCCCCCCCCCCCCCCCCCCCC. The van der Waals surface area contributed by atoms with Crippen molar-refractivity contribution in [3.05, 3.63) is 48.6 Å². The van der Waals surface area contributed by atoms with Gasteiger partial charge in [-0.05, 0) is 77.0 Å². The fourth-order valence-corrected chi connectivity index (χ4v) is 9.61. The lowest BCUT2D eigenvalue weighted by molar-refractivity contribution is -0.167. The Labute approximate surface area is 460 Å². The molecule has 0 aromatic heterocycles. The molecule has 1 unspecified atom stereocenters. The van der Waals surface area contributed by atoms with Crippen molar-refractivity contribution < 1.29 is 28.6 Å². The maximum absolute atomic E-state index is 12.9. The number of ether oxygens (including phenoxy) is 3. The van der Waals surface area contributed by atoms with Crippen LogP contribution < -0.4 is 0 Å². The van der Waals surface area contributed by atoms with Gasteiger partial charge in [-0.25, -0.2) is 0 Å². The van der Waals surface area contributed by atoms with Crippen LogP contribution in [-0.4, -0.2) is 37.2 Å². The van der Waals surface area contributed by atoms with Gasteiger partial charge in [-0.2, -0.15) is 0 Å². The van der Waals surface area contributed by atoms with Crippen LogP contribution in [0.3, 0.4) is 0 Å². The molecule has 0 heterocycles. The molecule has 0 aromatic carbocycles. The summed E-state index contributed by atoms with van der Waals surface area (Å²) in [6, 6.07) is 0. The summed E-state index contributed by atoms with van der Waals surface area (Å²) in [4.78, 5) is 38.3. The summed E-state index contributed by atoms with van der Waals surface area (Å²) in [5.41, 5.74) is 0. The molecule has 0 aliphatic carbocycles. The third kappa shape index (κ3) is 60.2. The molecule has 0 spiro atoms.